The first-order valence-corrected chi connectivity index (χ1v) is 11.8. The highest BCUT2D eigenvalue weighted by molar-refractivity contribution is 5.88. The fourth-order valence-corrected chi connectivity index (χ4v) is 4.26. The molecule has 0 aliphatic carbocycles. The molecule has 4 rings (SSSR count). The minimum Gasteiger partial charge on any atom is -0.386 e. The Labute approximate surface area is 205 Å². The Hall–Kier alpha value is -3.22. The molecular formula is C29H32FN3O2. The number of aryl methyl sites for hydroxylation is 3. The minimum absolute atomic E-state index is 0.268. The largest absolute Gasteiger partial charge is 0.386 e. The second-order valence-corrected chi connectivity index (χ2v) is 10.3. The molecule has 0 amide bonds. The Morgan fingerprint density at radius 3 is 2.14 bits per heavy atom. The summed E-state index contributed by atoms with van der Waals surface area (Å²) < 4.78 is 14.6. The van der Waals surface area contributed by atoms with Crippen LogP contribution in [0.25, 0.3) is 22.0 Å². The Balaban J connectivity index is 1.73. The zero-order valence-corrected chi connectivity index (χ0v) is 21.1. The van der Waals surface area contributed by atoms with E-state index in [0.717, 1.165) is 38.9 Å². The van der Waals surface area contributed by atoms with E-state index in [9.17, 15) is 14.6 Å². The van der Waals surface area contributed by atoms with Gasteiger partial charge in [-0.15, -0.1) is 0 Å². The Bertz CT molecular complexity index is 1380. The molecule has 0 fully saturated rings. The summed E-state index contributed by atoms with van der Waals surface area (Å²) in [5, 5.41) is 21.5. The van der Waals surface area contributed by atoms with Crippen LogP contribution in [0.4, 0.5) is 4.39 Å². The van der Waals surface area contributed by atoms with Crippen molar-refractivity contribution in [1.82, 2.24) is 15.0 Å². The Morgan fingerprint density at radius 1 is 0.829 bits per heavy atom. The standard InChI is InChI=1S/C29H32FN3O2/c1-17-18(2)33-26-12-8-19(21-15-31-27(32-16-21)29(5,6)35)14-24(26)23(17)10-7-20-13-22(28(3,4)34)9-11-25(20)30/h8-9,11-16,34-35H,7,10H2,1-6H3. The third-order valence-corrected chi connectivity index (χ3v) is 6.53. The van der Waals surface area contributed by atoms with Crippen molar-refractivity contribution in [1.29, 1.82) is 0 Å². The van der Waals surface area contributed by atoms with Gasteiger partial charge in [0.1, 0.15) is 11.4 Å². The van der Waals surface area contributed by atoms with Gasteiger partial charge in [0.25, 0.3) is 0 Å². The number of hydrogen-bond acceptors (Lipinski definition) is 5. The Kier molecular flexibility index (Phi) is 6.47. The van der Waals surface area contributed by atoms with Crippen molar-refractivity contribution in [3.8, 4) is 11.1 Å². The van der Waals surface area contributed by atoms with Gasteiger partial charge in [0, 0.05) is 29.0 Å². The van der Waals surface area contributed by atoms with E-state index in [2.05, 4.69) is 23.0 Å². The van der Waals surface area contributed by atoms with E-state index < -0.39 is 11.2 Å². The van der Waals surface area contributed by atoms with Gasteiger partial charge in [-0.05, 0) is 100 Å². The van der Waals surface area contributed by atoms with Crippen molar-refractivity contribution in [3.63, 3.8) is 0 Å². The molecule has 0 saturated heterocycles. The van der Waals surface area contributed by atoms with Crippen LogP contribution in [0.1, 0.15) is 61.5 Å². The van der Waals surface area contributed by atoms with Gasteiger partial charge in [-0.3, -0.25) is 4.98 Å². The molecule has 0 spiro atoms. The second-order valence-electron chi connectivity index (χ2n) is 10.3. The van der Waals surface area contributed by atoms with Gasteiger partial charge in [0.2, 0.25) is 0 Å². The first kappa shape index (κ1) is 24.9. The van der Waals surface area contributed by atoms with Crippen LogP contribution in [0.15, 0.2) is 48.8 Å². The van der Waals surface area contributed by atoms with Crippen LogP contribution in [-0.2, 0) is 24.0 Å². The lowest BCUT2D eigenvalue weighted by molar-refractivity contribution is 0.0687. The molecule has 2 heterocycles. The third-order valence-electron chi connectivity index (χ3n) is 6.53. The molecule has 0 unspecified atom stereocenters. The summed E-state index contributed by atoms with van der Waals surface area (Å²) in [5.74, 6) is 0.0987. The number of halogens is 1. The van der Waals surface area contributed by atoms with E-state index >= 15 is 0 Å². The van der Waals surface area contributed by atoms with E-state index in [1.807, 2.05) is 19.1 Å². The summed E-state index contributed by atoms with van der Waals surface area (Å²) in [7, 11) is 0. The van der Waals surface area contributed by atoms with Crippen LogP contribution in [0.5, 0.6) is 0 Å². The minimum atomic E-state index is -1.11. The molecule has 35 heavy (non-hydrogen) atoms. The molecule has 5 nitrogen and oxygen atoms in total. The lowest BCUT2D eigenvalue weighted by Crippen LogP contribution is -2.19. The summed E-state index contributed by atoms with van der Waals surface area (Å²) in [6.07, 6.45) is 4.57. The Morgan fingerprint density at radius 2 is 1.51 bits per heavy atom. The number of fused-ring (bicyclic) bond motifs is 1. The molecule has 0 bridgehead atoms. The molecule has 0 saturated carbocycles. The molecule has 0 aliphatic heterocycles. The van der Waals surface area contributed by atoms with Crippen LogP contribution >= 0.6 is 0 Å². The van der Waals surface area contributed by atoms with Crippen molar-refractivity contribution in [2.24, 2.45) is 0 Å². The van der Waals surface area contributed by atoms with Gasteiger partial charge in [0.05, 0.1) is 11.1 Å². The summed E-state index contributed by atoms with van der Waals surface area (Å²) in [6.45, 7) is 10.8. The van der Waals surface area contributed by atoms with Crippen molar-refractivity contribution in [3.05, 3.63) is 88.4 Å². The van der Waals surface area contributed by atoms with E-state index in [1.165, 1.54) is 6.07 Å². The molecule has 4 aromatic rings. The van der Waals surface area contributed by atoms with Gasteiger partial charge < -0.3 is 10.2 Å². The molecular weight excluding hydrogens is 441 g/mol. The zero-order chi connectivity index (χ0) is 25.5. The van der Waals surface area contributed by atoms with Gasteiger partial charge in [-0.1, -0.05) is 18.2 Å². The zero-order valence-electron chi connectivity index (χ0n) is 21.1. The number of rotatable bonds is 6. The molecule has 2 N–H and O–H groups in total. The summed E-state index contributed by atoms with van der Waals surface area (Å²) in [4.78, 5) is 13.4. The fourth-order valence-electron chi connectivity index (χ4n) is 4.26. The monoisotopic (exact) mass is 473 g/mol. The molecule has 0 aliphatic rings. The maximum absolute atomic E-state index is 14.6. The molecule has 2 aromatic heterocycles. The highest BCUT2D eigenvalue weighted by Crippen LogP contribution is 2.30. The van der Waals surface area contributed by atoms with Crippen LogP contribution in [0.2, 0.25) is 0 Å². The maximum atomic E-state index is 14.6. The molecule has 2 aromatic carbocycles. The highest BCUT2D eigenvalue weighted by Gasteiger charge is 2.20. The number of pyridine rings is 1. The number of aromatic nitrogens is 3. The quantitative estimate of drug-likeness (QED) is 0.376. The van der Waals surface area contributed by atoms with Crippen molar-refractivity contribution in [2.75, 3.05) is 0 Å². The highest BCUT2D eigenvalue weighted by atomic mass is 19.1. The second kappa shape index (κ2) is 9.10. The lowest BCUT2D eigenvalue weighted by Gasteiger charge is -2.19. The van der Waals surface area contributed by atoms with Crippen molar-refractivity contribution >= 4 is 10.9 Å². The van der Waals surface area contributed by atoms with Crippen LogP contribution in [0, 0.1) is 19.7 Å². The van der Waals surface area contributed by atoms with E-state index in [4.69, 9.17) is 4.98 Å². The van der Waals surface area contributed by atoms with Crippen LogP contribution < -0.4 is 0 Å². The normalized spacial score (nSPS) is 12.4. The topological polar surface area (TPSA) is 79.1 Å². The summed E-state index contributed by atoms with van der Waals surface area (Å²) >= 11 is 0. The predicted octanol–water partition coefficient (Wildman–Crippen LogP) is 5.69. The molecule has 6 heteroatoms. The average molecular weight is 474 g/mol. The molecule has 0 radical (unpaired) electrons. The number of nitrogens with zero attached hydrogens (tertiary/aromatic N) is 3. The summed E-state index contributed by atoms with van der Waals surface area (Å²) in [6, 6.07) is 10.9. The van der Waals surface area contributed by atoms with Crippen LogP contribution in [0.3, 0.4) is 0 Å². The number of benzene rings is 2. The molecule has 0 atom stereocenters. The van der Waals surface area contributed by atoms with Gasteiger partial charge in [-0.25, -0.2) is 14.4 Å². The fraction of sp³-hybridized carbons (Fsp3) is 0.345. The van der Waals surface area contributed by atoms with Crippen molar-refractivity contribution in [2.45, 2.75) is 65.6 Å². The van der Waals surface area contributed by atoms with Gasteiger partial charge >= 0.3 is 0 Å². The first-order valence-electron chi connectivity index (χ1n) is 11.8. The molecule has 182 valence electrons. The van der Waals surface area contributed by atoms with Crippen LogP contribution in [-0.4, -0.2) is 25.2 Å². The van der Waals surface area contributed by atoms with Gasteiger partial charge in [-0.2, -0.15) is 0 Å². The van der Waals surface area contributed by atoms with Gasteiger partial charge in [0.15, 0.2) is 5.82 Å². The van der Waals surface area contributed by atoms with E-state index in [1.54, 1.807) is 52.2 Å². The average Bonchev–Trinajstić information content (AvgIpc) is 2.79. The SMILES string of the molecule is Cc1nc2ccc(-c3cnc(C(C)(C)O)nc3)cc2c(CCc2cc(C(C)(C)O)ccc2F)c1C. The first-order chi connectivity index (χ1) is 16.3. The lowest BCUT2D eigenvalue weighted by atomic mass is 9.91. The number of aliphatic hydroxyl groups is 2. The van der Waals surface area contributed by atoms with Crippen molar-refractivity contribution < 1.29 is 14.6 Å². The van der Waals surface area contributed by atoms with E-state index in [0.29, 0.717) is 29.8 Å². The smallest absolute Gasteiger partial charge is 0.159 e. The third kappa shape index (κ3) is 5.24. The predicted molar refractivity (Wildman–Crippen MR) is 137 cm³/mol. The number of hydrogen-bond donors (Lipinski definition) is 2. The maximum Gasteiger partial charge on any atom is 0.159 e. The summed E-state index contributed by atoms with van der Waals surface area (Å²) in [5.41, 5.74) is 4.96. The van der Waals surface area contributed by atoms with E-state index in [-0.39, 0.29) is 5.82 Å².